The number of hydrogen-bond donors (Lipinski definition) is 3. The number of nitrogens with two attached hydrogens (primary N) is 1. The van der Waals surface area contributed by atoms with E-state index in [9.17, 15) is 14.7 Å². The van der Waals surface area contributed by atoms with Crippen molar-refractivity contribution in [2.75, 3.05) is 13.0 Å². The van der Waals surface area contributed by atoms with Gasteiger partial charge in [0.1, 0.15) is 18.1 Å². The van der Waals surface area contributed by atoms with E-state index in [-0.39, 0.29) is 12.8 Å². The molecule has 4 N–H and O–H groups in total. The molecule has 24 heavy (non-hydrogen) atoms. The molecule has 0 spiro atoms. The highest BCUT2D eigenvalue weighted by atomic mass is 16.5. The minimum Gasteiger partial charge on any atom is -0.497 e. The summed E-state index contributed by atoms with van der Waals surface area (Å²) in [5, 5.41) is 11.7. The highest BCUT2D eigenvalue weighted by molar-refractivity contribution is 5.83. The number of benzene rings is 1. The van der Waals surface area contributed by atoms with Gasteiger partial charge in [-0.2, -0.15) is 0 Å². The first kappa shape index (κ1) is 15.9. The van der Waals surface area contributed by atoms with E-state index < -0.39 is 24.3 Å². The van der Waals surface area contributed by atoms with Crippen LogP contribution >= 0.6 is 0 Å². The van der Waals surface area contributed by atoms with Crippen LogP contribution in [-0.4, -0.2) is 39.8 Å². The number of rotatable bonds is 8. The molecule has 1 aromatic heterocycles. The summed E-state index contributed by atoms with van der Waals surface area (Å²) >= 11 is 0. The molecule has 0 radical (unpaired) electrons. The Kier molecular flexibility index (Phi) is 5.28. The first-order valence-electron chi connectivity index (χ1n) is 7.83. The summed E-state index contributed by atoms with van der Waals surface area (Å²) in [5.74, 6) is 4.56. The normalized spacial score (nSPS) is 13.6. The number of aromatic nitrogens is 2. The summed E-state index contributed by atoms with van der Waals surface area (Å²) in [6.45, 7) is 0. The van der Waals surface area contributed by atoms with Gasteiger partial charge in [0.25, 0.3) is 0 Å². The molecule has 0 aliphatic heterocycles. The molecule has 2 rings (SSSR count). The van der Waals surface area contributed by atoms with Crippen LogP contribution in [0.4, 0.5) is 0 Å². The Morgan fingerprint density at radius 1 is 1.46 bits per heavy atom. The molecule has 2 atom stereocenters. The maximum Gasteiger partial charge on any atom is 0.326 e. The van der Waals surface area contributed by atoms with E-state index in [4.69, 9.17) is 12.0 Å². The van der Waals surface area contributed by atoms with Gasteiger partial charge in [-0.3, -0.25) is 9.47 Å². The van der Waals surface area contributed by atoms with Crippen molar-refractivity contribution >= 4 is 11.9 Å². The zero-order valence-electron chi connectivity index (χ0n) is 14.2. The monoisotopic (exact) mass is 333 g/mol. The van der Waals surface area contributed by atoms with Gasteiger partial charge in [0, 0.05) is 14.2 Å². The number of nitrogen functional groups attached to an aromatic ring is 1. The number of ether oxygens (including phenoxy) is 1. The highest BCUT2D eigenvalue weighted by Crippen LogP contribution is 2.12. The first-order valence-corrected chi connectivity index (χ1v) is 7.25. The van der Waals surface area contributed by atoms with Crippen molar-refractivity contribution in [1.82, 2.24) is 15.0 Å². The Bertz CT molecular complexity index is 732. The fraction of sp³-hybridized carbons (Fsp3) is 0.312. The molecule has 128 valence electrons. The zero-order valence-corrected chi connectivity index (χ0v) is 13.2. The Morgan fingerprint density at radius 2 is 2.17 bits per heavy atom. The fourth-order valence-corrected chi connectivity index (χ4v) is 2.10. The van der Waals surface area contributed by atoms with Gasteiger partial charge in [0.2, 0.25) is 5.91 Å². The van der Waals surface area contributed by atoms with E-state index in [0.717, 1.165) is 0 Å². The van der Waals surface area contributed by atoms with E-state index in [1.54, 1.807) is 31.4 Å². The number of imidazole rings is 1. The Morgan fingerprint density at radius 3 is 2.71 bits per heavy atom. The molecular weight excluding hydrogens is 312 g/mol. The summed E-state index contributed by atoms with van der Waals surface area (Å²) in [6.07, 6.45) is 1.83. The number of hydrogen-bond acceptors (Lipinski definition) is 5. The van der Waals surface area contributed by atoms with Crippen LogP contribution in [0.1, 0.15) is 19.0 Å². The smallest absolute Gasteiger partial charge is 0.326 e. The van der Waals surface area contributed by atoms with Gasteiger partial charge in [0.05, 0.1) is 19.0 Å². The lowest BCUT2D eigenvalue weighted by Gasteiger charge is -2.14. The second kappa shape index (κ2) is 8.00. The lowest BCUT2D eigenvalue weighted by atomic mass is 10.1. The van der Waals surface area contributed by atoms with Crippen LogP contribution in [0.15, 0.2) is 36.8 Å². The molecule has 0 saturated carbocycles. The van der Waals surface area contributed by atoms with Gasteiger partial charge in [-0.25, -0.2) is 9.78 Å². The zero-order chi connectivity index (χ0) is 18.4. The van der Waals surface area contributed by atoms with E-state index in [2.05, 4.69) is 10.3 Å². The standard InChI is InChI=1S/C16H20N4O4/c1-24-13-5-2-11(3-6-13)4-7-15(21)19-14(16(22)23)8-12-9-18-10-20(12)17/h2-3,5-6,9-10,14H,4,7-8,17H2,1H3,(H,19,21)(H,22,23)/t14-/m0/s1/i4D/t4-,14-. The van der Waals surface area contributed by atoms with E-state index in [1.807, 2.05) is 0 Å². The number of nitrogens with zero attached hydrogens (tertiary/aromatic N) is 2. The largest absolute Gasteiger partial charge is 0.497 e. The summed E-state index contributed by atoms with van der Waals surface area (Å²) in [7, 11) is 1.54. The van der Waals surface area contributed by atoms with E-state index in [1.165, 1.54) is 17.2 Å². The Balaban J connectivity index is 1.95. The van der Waals surface area contributed by atoms with Crippen molar-refractivity contribution in [3.05, 3.63) is 48.0 Å². The van der Waals surface area contributed by atoms with Crippen molar-refractivity contribution in [3.63, 3.8) is 0 Å². The molecule has 0 fully saturated rings. The Hall–Kier alpha value is -3.03. The Labute approximate surface area is 140 Å². The first-order chi connectivity index (χ1) is 11.9. The summed E-state index contributed by atoms with van der Waals surface area (Å²) < 4.78 is 14.3. The molecule has 0 aliphatic rings. The molecular formula is C16H20N4O4. The van der Waals surface area contributed by atoms with Gasteiger partial charge in [-0.1, -0.05) is 12.1 Å². The third kappa shape index (κ3) is 4.73. The van der Waals surface area contributed by atoms with Crippen LogP contribution < -0.4 is 15.9 Å². The average Bonchev–Trinajstić information content (AvgIpc) is 2.99. The summed E-state index contributed by atoms with van der Waals surface area (Å²) in [4.78, 5) is 27.3. The minimum absolute atomic E-state index is 0.00275. The molecule has 8 heteroatoms. The molecule has 8 nitrogen and oxygen atoms in total. The molecule has 0 saturated heterocycles. The molecule has 0 bridgehead atoms. The number of carbonyl (C=O) groups is 2. The molecule has 0 unspecified atom stereocenters. The number of aryl methyl sites for hydroxylation is 1. The predicted octanol–water partition coefficient (Wildman–Crippen LogP) is 0.350. The highest BCUT2D eigenvalue weighted by Gasteiger charge is 2.21. The summed E-state index contributed by atoms with van der Waals surface area (Å²) in [6, 6.07) is 5.67. The van der Waals surface area contributed by atoms with Crippen LogP contribution in [0.5, 0.6) is 5.75 Å². The van der Waals surface area contributed by atoms with Crippen LogP contribution in [0.3, 0.4) is 0 Å². The number of carbonyl (C=O) groups excluding carboxylic acids is 1. The lowest BCUT2D eigenvalue weighted by Crippen LogP contribution is -2.43. The van der Waals surface area contributed by atoms with Crippen molar-refractivity contribution in [1.29, 1.82) is 0 Å². The number of carboxylic acids is 1. The number of aliphatic carboxylic acids is 1. The van der Waals surface area contributed by atoms with Crippen LogP contribution in [0, 0.1) is 0 Å². The molecule has 1 aromatic carbocycles. The number of nitrogens with one attached hydrogen (secondary N) is 1. The van der Waals surface area contributed by atoms with Crippen LogP contribution in [0.25, 0.3) is 0 Å². The second-order valence-electron chi connectivity index (χ2n) is 5.14. The molecule has 2 aromatic rings. The van der Waals surface area contributed by atoms with Gasteiger partial charge in [-0.15, -0.1) is 0 Å². The SMILES string of the molecule is [2H][C@@H](CC(=O)N[C@@H](Cc1cncn1N)C(=O)O)c1ccc(OC)cc1. The lowest BCUT2D eigenvalue weighted by molar-refractivity contribution is -0.141. The third-order valence-corrected chi connectivity index (χ3v) is 3.43. The molecule has 1 amide bonds. The van der Waals surface area contributed by atoms with Crippen LogP contribution in [0.2, 0.25) is 0 Å². The average molecular weight is 333 g/mol. The topological polar surface area (TPSA) is 119 Å². The van der Waals surface area contributed by atoms with E-state index in [0.29, 0.717) is 17.0 Å². The summed E-state index contributed by atoms with van der Waals surface area (Å²) in [5.41, 5.74) is 1.12. The number of carboxylic acid groups (broad SMARTS) is 1. The molecule has 0 aliphatic carbocycles. The van der Waals surface area contributed by atoms with Gasteiger partial charge < -0.3 is 21.0 Å². The maximum atomic E-state index is 12.1. The van der Waals surface area contributed by atoms with Gasteiger partial charge in [0.15, 0.2) is 0 Å². The van der Waals surface area contributed by atoms with Crippen LogP contribution in [-0.2, 0) is 22.4 Å². The second-order valence-corrected chi connectivity index (χ2v) is 5.14. The van der Waals surface area contributed by atoms with Crippen molar-refractivity contribution in [3.8, 4) is 5.75 Å². The van der Waals surface area contributed by atoms with Crippen molar-refractivity contribution in [2.24, 2.45) is 0 Å². The fourth-order valence-electron chi connectivity index (χ4n) is 2.10. The number of methoxy groups -OCH3 is 1. The van der Waals surface area contributed by atoms with Crippen molar-refractivity contribution in [2.45, 2.75) is 25.3 Å². The van der Waals surface area contributed by atoms with Gasteiger partial charge >= 0.3 is 5.97 Å². The number of amides is 1. The van der Waals surface area contributed by atoms with E-state index >= 15 is 0 Å². The predicted molar refractivity (Wildman–Crippen MR) is 87.0 cm³/mol. The quantitative estimate of drug-likeness (QED) is 0.600. The maximum absolute atomic E-state index is 12.1. The molecule has 1 heterocycles. The third-order valence-electron chi connectivity index (χ3n) is 3.43. The minimum atomic E-state index is -1.18. The van der Waals surface area contributed by atoms with Gasteiger partial charge in [-0.05, 0) is 24.1 Å². The van der Waals surface area contributed by atoms with Crippen molar-refractivity contribution < 1.29 is 20.8 Å².